The van der Waals surface area contributed by atoms with Crippen LogP contribution in [0.1, 0.15) is 17.2 Å². The smallest absolute Gasteiger partial charge is 0.129 e. The standard InChI is InChI=1S/C13H9ClF3N/c14-8-1-2-11(12(17)5-8)13(18)7-3-9(15)6-10(16)4-7/h1-6,13H,18H2. The van der Waals surface area contributed by atoms with Crippen LogP contribution in [0.4, 0.5) is 13.2 Å². The van der Waals surface area contributed by atoms with E-state index in [2.05, 4.69) is 0 Å². The zero-order chi connectivity index (χ0) is 13.3. The first-order valence-electron chi connectivity index (χ1n) is 5.14. The van der Waals surface area contributed by atoms with Crippen molar-refractivity contribution in [3.05, 3.63) is 70.0 Å². The largest absolute Gasteiger partial charge is 0.320 e. The van der Waals surface area contributed by atoms with Gasteiger partial charge in [0.25, 0.3) is 0 Å². The van der Waals surface area contributed by atoms with Gasteiger partial charge in [0.15, 0.2) is 0 Å². The summed E-state index contributed by atoms with van der Waals surface area (Å²) in [7, 11) is 0. The lowest BCUT2D eigenvalue weighted by molar-refractivity contribution is 0.571. The summed E-state index contributed by atoms with van der Waals surface area (Å²) < 4.78 is 39.8. The Morgan fingerprint density at radius 3 is 2.11 bits per heavy atom. The van der Waals surface area contributed by atoms with Gasteiger partial charge < -0.3 is 5.73 Å². The van der Waals surface area contributed by atoms with Crippen molar-refractivity contribution in [3.63, 3.8) is 0 Å². The van der Waals surface area contributed by atoms with Crippen LogP contribution in [-0.2, 0) is 0 Å². The van der Waals surface area contributed by atoms with E-state index in [-0.39, 0.29) is 16.1 Å². The van der Waals surface area contributed by atoms with Crippen molar-refractivity contribution in [1.82, 2.24) is 0 Å². The van der Waals surface area contributed by atoms with Gasteiger partial charge >= 0.3 is 0 Å². The number of halogens is 4. The van der Waals surface area contributed by atoms with Crippen LogP contribution in [0, 0.1) is 17.5 Å². The van der Waals surface area contributed by atoms with Gasteiger partial charge in [-0.25, -0.2) is 13.2 Å². The predicted octanol–water partition coefficient (Wildman–Crippen LogP) is 3.81. The molecule has 0 saturated carbocycles. The highest BCUT2D eigenvalue weighted by Crippen LogP contribution is 2.25. The molecule has 94 valence electrons. The number of hydrogen-bond acceptors (Lipinski definition) is 1. The van der Waals surface area contributed by atoms with Crippen LogP contribution in [0.3, 0.4) is 0 Å². The van der Waals surface area contributed by atoms with Crippen LogP contribution in [0.5, 0.6) is 0 Å². The second-order valence-corrected chi connectivity index (χ2v) is 4.28. The van der Waals surface area contributed by atoms with Crippen LogP contribution in [0.15, 0.2) is 36.4 Å². The average molecular weight is 272 g/mol. The van der Waals surface area contributed by atoms with E-state index in [4.69, 9.17) is 17.3 Å². The topological polar surface area (TPSA) is 26.0 Å². The van der Waals surface area contributed by atoms with Crippen LogP contribution in [-0.4, -0.2) is 0 Å². The lowest BCUT2D eigenvalue weighted by Gasteiger charge is -2.14. The fourth-order valence-corrected chi connectivity index (χ4v) is 1.85. The molecule has 0 spiro atoms. The van der Waals surface area contributed by atoms with E-state index in [0.29, 0.717) is 0 Å². The molecular formula is C13H9ClF3N. The van der Waals surface area contributed by atoms with E-state index < -0.39 is 23.5 Å². The molecule has 0 heterocycles. The first-order chi connectivity index (χ1) is 8.47. The van der Waals surface area contributed by atoms with Crippen molar-refractivity contribution in [1.29, 1.82) is 0 Å². The first-order valence-corrected chi connectivity index (χ1v) is 5.51. The van der Waals surface area contributed by atoms with Gasteiger partial charge in [0.05, 0.1) is 6.04 Å². The number of benzene rings is 2. The summed E-state index contributed by atoms with van der Waals surface area (Å²) in [5, 5.41) is 0.230. The van der Waals surface area contributed by atoms with E-state index in [0.717, 1.165) is 24.3 Å². The third-order valence-corrected chi connectivity index (χ3v) is 2.78. The van der Waals surface area contributed by atoms with Gasteiger partial charge in [-0.05, 0) is 29.8 Å². The molecule has 2 aromatic carbocycles. The zero-order valence-corrected chi connectivity index (χ0v) is 9.89. The Hall–Kier alpha value is -1.52. The van der Waals surface area contributed by atoms with Gasteiger partial charge in [-0.2, -0.15) is 0 Å². The summed E-state index contributed by atoms with van der Waals surface area (Å²) in [5.74, 6) is -2.12. The third-order valence-electron chi connectivity index (χ3n) is 2.54. The van der Waals surface area contributed by atoms with Gasteiger partial charge in [-0.3, -0.25) is 0 Å². The minimum atomic E-state index is -0.951. The van der Waals surface area contributed by atoms with E-state index in [1.807, 2.05) is 0 Å². The molecule has 0 aromatic heterocycles. The van der Waals surface area contributed by atoms with Crippen molar-refractivity contribution in [2.24, 2.45) is 5.73 Å². The molecule has 0 aliphatic heterocycles. The Balaban J connectivity index is 2.44. The maximum atomic E-state index is 13.6. The van der Waals surface area contributed by atoms with Crippen molar-refractivity contribution in [3.8, 4) is 0 Å². The number of rotatable bonds is 2. The summed E-state index contributed by atoms with van der Waals surface area (Å²) in [6, 6.07) is 5.89. The van der Waals surface area contributed by atoms with Crippen LogP contribution in [0.2, 0.25) is 5.02 Å². The number of nitrogens with two attached hydrogens (primary N) is 1. The number of hydrogen-bond donors (Lipinski definition) is 1. The third kappa shape index (κ3) is 2.66. The highest BCUT2D eigenvalue weighted by molar-refractivity contribution is 6.30. The molecule has 2 aromatic rings. The lowest BCUT2D eigenvalue weighted by atomic mass is 9.99. The van der Waals surface area contributed by atoms with Gasteiger partial charge in [0.2, 0.25) is 0 Å². The molecule has 2 N–H and O–H groups in total. The summed E-state index contributed by atoms with van der Waals surface area (Å²) in [6.07, 6.45) is 0. The second kappa shape index (κ2) is 5.00. The molecule has 0 aliphatic rings. The summed E-state index contributed by atoms with van der Waals surface area (Å²) >= 11 is 5.62. The Morgan fingerprint density at radius 1 is 0.944 bits per heavy atom. The fourth-order valence-electron chi connectivity index (χ4n) is 1.69. The highest BCUT2D eigenvalue weighted by atomic mass is 35.5. The molecule has 5 heteroatoms. The first kappa shape index (κ1) is 12.9. The quantitative estimate of drug-likeness (QED) is 0.883. The molecule has 1 atom stereocenters. The van der Waals surface area contributed by atoms with Crippen molar-refractivity contribution >= 4 is 11.6 Å². The zero-order valence-electron chi connectivity index (χ0n) is 9.13. The Morgan fingerprint density at radius 2 is 1.56 bits per heavy atom. The SMILES string of the molecule is NC(c1cc(F)cc(F)c1)c1ccc(Cl)cc1F. The average Bonchev–Trinajstić information content (AvgIpc) is 2.26. The minimum Gasteiger partial charge on any atom is -0.320 e. The Labute approximate surface area is 107 Å². The normalized spacial score (nSPS) is 12.5. The van der Waals surface area contributed by atoms with E-state index in [1.54, 1.807) is 0 Å². The van der Waals surface area contributed by atoms with Crippen molar-refractivity contribution in [2.75, 3.05) is 0 Å². The summed E-state index contributed by atoms with van der Waals surface area (Å²) in [4.78, 5) is 0. The molecule has 0 fully saturated rings. The summed E-state index contributed by atoms with van der Waals surface area (Å²) in [5.41, 5.74) is 6.08. The maximum absolute atomic E-state index is 13.6. The molecule has 0 amide bonds. The van der Waals surface area contributed by atoms with E-state index in [1.165, 1.54) is 12.1 Å². The van der Waals surface area contributed by atoms with Crippen molar-refractivity contribution in [2.45, 2.75) is 6.04 Å². The molecule has 0 radical (unpaired) electrons. The monoisotopic (exact) mass is 271 g/mol. The van der Waals surface area contributed by atoms with Crippen LogP contribution >= 0.6 is 11.6 Å². The van der Waals surface area contributed by atoms with Crippen LogP contribution in [0.25, 0.3) is 0 Å². The molecule has 2 rings (SSSR count). The molecule has 0 saturated heterocycles. The maximum Gasteiger partial charge on any atom is 0.129 e. The van der Waals surface area contributed by atoms with Gasteiger partial charge in [-0.1, -0.05) is 17.7 Å². The Bertz CT molecular complexity index is 566. The minimum absolute atomic E-state index is 0.129. The van der Waals surface area contributed by atoms with E-state index >= 15 is 0 Å². The molecule has 18 heavy (non-hydrogen) atoms. The molecule has 1 nitrogen and oxygen atoms in total. The Kier molecular flexibility index (Phi) is 3.59. The van der Waals surface area contributed by atoms with Gasteiger partial charge in [0, 0.05) is 16.7 Å². The van der Waals surface area contributed by atoms with Crippen LogP contribution < -0.4 is 5.73 Å². The van der Waals surface area contributed by atoms with Gasteiger partial charge in [0.1, 0.15) is 17.5 Å². The van der Waals surface area contributed by atoms with Gasteiger partial charge in [-0.15, -0.1) is 0 Å². The fraction of sp³-hybridized carbons (Fsp3) is 0.0769. The summed E-state index contributed by atoms with van der Waals surface area (Å²) in [6.45, 7) is 0. The highest BCUT2D eigenvalue weighted by Gasteiger charge is 2.15. The van der Waals surface area contributed by atoms with Crippen molar-refractivity contribution < 1.29 is 13.2 Å². The lowest BCUT2D eigenvalue weighted by Crippen LogP contribution is -2.14. The second-order valence-electron chi connectivity index (χ2n) is 3.85. The molecule has 1 unspecified atom stereocenters. The molecule has 0 bridgehead atoms. The predicted molar refractivity (Wildman–Crippen MR) is 63.8 cm³/mol. The molecule has 0 aliphatic carbocycles. The van der Waals surface area contributed by atoms with E-state index in [9.17, 15) is 13.2 Å². The molecular weight excluding hydrogens is 263 g/mol.